The van der Waals surface area contributed by atoms with Crippen molar-refractivity contribution in [2.45, 2.75) is 43.9 Å². The molecule has 0 aromatic heterocycles. The summed E-state index contributed by atoms with van der Waals surface area (Å²) in [7, 11) is 0. The summed E-state index contributed by atoms with van der Waals surface area (Å²) < 4.78 is 6.26. The van der Waals surface area contributed by atoms with Gasteiger partial charge in [0.25, 0.3) is 0 Å². The molecule has 0 aliphatic carbocycles. The molecule has 4 rings (SSSR count). The quantitative estimate of drug-likeness (QED) is 0.889. The van der Waals surface area contributed by atoms with E-state index in [0.29, 0.717) is 18.2 Å². The lowest BCUT2D eigenvalue weighted by atomic mass is 10.0. The molecule has 2 bridgehead atoms. The van der Waals surface area contributed by atoms with Gasteiger partial charge in [-0.15, -0.1) is 0 Å². The normalized spacial score (nSPS) is 26.9. The van der Waals surface area contributed by atoms with E-state index < -0.39 is 0 Å². The van der Waals surface area contributed by atoms with Crippen molar-refractivity contribution < 1.29 is 4.74 Å². The highest BCUT2D eigenvalue weighted by atomic mass is 35.5. The summed E-state index contributed by atoms with van der Waals surface area (Å²) in [5.41, 5.74) is 2.17. The lowest BCUT2D eigenvalue weighted by Gasteiger charge is -2.29. The van der Waals surface area contributed by atoms with Crippen LogP contribution in [0.4, 0.5) is 0 Å². The first-order valence-corrected chi connectivity index (χ1v) is 8.43. The highest BCUT2D eigenvalue weighted by Gasteiger charge is 2.34. The minimum Gasteiger partial charge on any atom is -0.490 e. The lowest BCUT2D eigenvalue weighted by molar-refractivity contribution is 0.137. The van der Waals surface area contributed by atoms with Crippen LogP contribution < -0.4 is 10.1 Å². The number of piperidine rings is 1. The molecule has 0 spiro atoms. The SMILES string of the molecule is Clc1ccccc1-c1cccc(OC2CC3CCC(C2)N3)c1. The van der Waals surface area contributed by atoms with Gasteiger partial charge in [0.15, 0.2) is 0 Å². The van der Waals surface area contributed by atoms with Crippen molar-refractivity contribution in [1.82, 2.24) is 5.32 Å². The molecule has 2 heterocycles. The summed E-state index contributed by atoms with van der Waals surface area (Å²) in [6.45, 7) is 0. The minimum atomic E-state index is 0.334. The Hall–Kier alpha value is -1.51. The summed E-state index contributed by atoms with van der Waals surface area (Å²) in [5, 5.41) is 4.43. The highest BCUT2D eigenvalue weighted by Crippen LogP contribution is 2.33. The smallest absolute Gasteiger partial charge is 0.120 e. The molecule has 2 aromatic rings. The second-order valence-corrected chi connectivity index (χ2v) is 6.76. The maximum Gasteiger partial charge on any atom is 0.120 e. The summed E-state index contributed by atoms with van der Waals surface area (Å²) in [6.07, 6.45) is 5.16. The minimum absolute atomic E-state index is 0.334. The molecule has 114 valence electrons. The molecule has 1 N–H and O–H groups in total. The number of halogens is 1. The van der Waals surface area contributed by atoms with Gasteiger partial charge in [0, 0.05) is 22.7 Å². The topological polar surface area (TPSA) is 21.3 Å². The third-order valence-corrected chi connectivity index (χ3v) is 5.08. The van der Waals surface area contributed by atoms with Crippen molar-refractivity contribution in [2.75, 3.05) is 0 Å². The molecule has 2 fully saturated rings. The number of hydrogen-bond donors (Lipinski definition) is 1. The van der Waals surface area contributed by atoms with Crippen LogP contribution in [0.2, 0.25) is 5.02 Å². The van der Waals surface area contributed by atoms with Gasteiger partial charge >= 0.3 is 0 Å². The Balaban J connectivity index is 1.54. The fourth-order valence-corrected chi connectivity index (χ4v) is 3.97. The molecular formula is C19H20ClNO. The Morgan fingerprint density at radius 1 is 0.955 bits per heavy atom. The average molecular weight is 314 g/mol. The third kappa shape index (κ3) is 2.86. The molecule has 22 heavy (non-hydrogen) atoms. The van der Waals surface area contributed by atoms with E-state index in [-0.39, 0.29) is 0 Å². The highest BCUT2D eigenvalue weighted by molar-refractivity contribution is 6.33. The van der Waals surface area contributed by atoms with Crippen LogP contribution in [-0.2, 0) is 0 Å². The molecule has 2 unspecified atom stereocenters. The number of rotatable bonds is 3. The average Bonchev–Trinajstić information content (AvgIpc) is 2.87. The van der Waals surface area contributed by atoms with E-state index in [1.54, 1.807) is 0 Å². The van der Waals surface area contributed by atoms with Crippen molar-refractivity contribution >= 4 is 11.6 Å². The summed E-state index contributed by atoms with van der Waals surface area (Å²) in [6, 6.07) is 17.5. The Labute approximate surface area is 136 Å². The van der Waals surface area contributed by atoms with Gasteiger partial charge in [-0.05, 0) is 49.4 Å². The Morgan fingerprint density at radius 2 is 1.73 bits per heavy atom. The van der Waals surface area contributed by atoms with Gasteiger partial charge in [0.1, 0.15) is 11.9 Å². The van der Waals surface area contributed by atoms with Crippen molar-refractivity contribution in [3.63, 3.8) is 0 Å². The van der Waals surface area contributed by atoms with E-state index in [4.69, 9.17) is 16.3 Å². The molecule has 2 atom stereocenters. The van der Waals surface area contributed by atoms with Crippen LogP contribution in [0.1, 0.15) is 25.7 Å². The number of ether oxygens (including phenoxy) is 1. The molecule has 0 amide bonds. The summed E-state index contributed by atoms with van der Waals surface area (Å²) in [4.78, 5) is 0. The number of benzene rings is 2. The fourth-order valence-electron chi connectivity index (χ4n) is 3.73. The van der Waals surface area contributed by atoms with Crippen LogP contribution in [0.3, 0.4) is 0 Å². The van der Waals surface area contributed by atoms with Gasteiger partial charge in [-0.25, -0.2) is 0 Å². The summed E-state index contributed by atoms with van der Waals surface area (Å²) in [5.74, 6) is 0.948. The third-order valence-electron chi connectivity index (χ3n) is 4.75. The standard InChI is InChI=1S/C19H20ClNO/c20-19-7-2-1-6-18(19)13-4-3-5-16(10-13)22-17-11-14-8-9-15(12-17)21-14/h1-7,10,14-15,17,21H,8-9,11-12H2. The molecule has 2 aliphatic rings. The first kappa shape index (κ1) is 14.1. The van der Waals surface area contributed by atoms with Crippen molar-refractivity contribution in [3.8, 4) is 16.9 Å². The maximum atomic E-state index is 6.30. The number of nitrogens with one attached hydrogen (secondary N) is 1. The number of hydrogen-bond acceptors (Lipinski definition) is 2. The van der Waals surface area contributed by atoms with Gasteiger partial charge < -0.3 is 10.1 Å². The monoisotopic (exact) mass is 313 g/mol. The molecule has 3 heteroatoms. The van der Waals surface area contributed by atoms with Crippen LogP contribution in [0.15, 0.2) is 48.5 Å². The van der Waals surface area contributed by atoms with Crippen LogP contribution in [0.5, 0.6) is 5.75 Å². The lowest BCUT2D eigenvalue weighted by Crippen LogP contribution is -2.42. The van der Waals surface area contributed by atoms with Crippen LogP contribution in [0, 0.1) is 0 Å². The van der Waals surface area contributed by atoms with E-state index in [1.165, 1.54) is 12.8 Å². The van der Waals surface area contributed by atoms with Gasteiger partial charge in [0.05, 0.1) is 0 Å². The zero-order valence-corrected chi connectivity index (χ0v) is 13.2. The Kier molecular flexibility index (Phi) is 3.81. The molecule has 2 saturated heterocycles. The predicted octanol–water partition coefficient (Wildman–Crippen LogP) is 4.67. The zero-order chi connectivity index (χ0) is 14.9. The molecular weight excluding hydrogens is 294 g/mol. The zero-order valence-electron chi connectivity index (χ0n) is 12.5. The van der Waals surface area contributed by atoms with Crippen LogP contribution in [-0.4, -0.2) is 18.2 Å². The first-order valence-electron chi connectivity index (χ1n) is 8.05. The fraction of sp³-hybridized carbons (Fsp3) is 0.368. The second kappa shape index (κ2) is 5.94. The second-order valence-electron chi connectivity index (χ2n) is 6.36. The van der Waals surface area contributed by atoms with E-state index in [9.17, 15) is 0 Å². The van der Waals surface area contributed by atoms with Crippen LogP contribution >= 0.6 is 11.6 Å². The molecule has 2 nitrogen and oxygen atoms in total. The van der Waals surface area contributed by atoms with E-state index >= 15 is 0 Å². The largest absolute Gasteiger partial charge is 0.490 e. The van der Waals surface area contributed by atoms with Gasteiger partial charge in [-0.1, -0.05) is 41.9 Å². The molecule has 0 saturated carbocycles. The van der Waals surface area contributed by atoms with E-state index in [1.807, 2.05) is 36.4 Å². The Bertz CT molecular complexity index is 660. The predicted molar refractivity (Wildman–Crippen MR) is 90.5 cm³/mol. The maximum absolute atomic E-state index is 6.30. The van der Waals surface area contributed by atoms with E-state index in [2.05, 4.69) is 17.4 Å². The molecule has 2 aliphatic heterocycles. The Morgan fingerprint density at radius 3 is 2.50 bits per heavy atom. The summed E-state index contributed by atoms with van der Waals surface area (Å²) >= 11 is 6.30. The molecule has 0 radical (unpaired) electrons. The van der Waals surface area contributed by atoms with E-state index in [0.717, 1.165) is 34.7 Å². The van der Waals surface area contributed by atoms with Crippen LogP contribution in [0.25, 0.3) is 11.1 Å². The van der Waals surface area contributed by atoms with Gasteiger partial charge in [-0.3, -0.25) is 0 Å². The van der Waals surface area contributed by atoms with Gasteiger partial charge in [-0.2, -0.15) is 0 Å². The molecule has 2 aromatic carbocycles. The van der Waals surface area contributed by atoms with Crippen molar-refractivity contribution in [1.29, 1.82) is 0 Å². The van der Waals surface area contributed by atoms with Crippen molar-refractivity contribution in [3.05, 3.63) is 53.6 Å². The van der Waals surface area contributed by atoms with Gasteiger partial charge in [0.2, 0.25) is 0 Å². The number of fused-ring (bicyclic) bond motifs is 2. The first-order chi connectivity index (χ1) is 10.8. The van der Waals surface area contributed by atoms with Crippen molar-refractivity contribution in [2.24, 2.45) is 0 Å².